The maximum atomic E-state index is 3.54. The maximum absolute atomic E-state index is 3.54. The Kier molecular flexibility index (Phi) is 3.59. The number of benzene rings is 3. The Balaban J connectivity index is 1.73. The minimum Gasteiger partial charge on any atom is -0.0622 e. The SMILES string of the molecule is Brc1ccc(C2C(c3ccccc3)C2c2ccccc2)cc1. The Morgan fingerprint density at radius 1 is 0.455 bits per heavy atom. The van der Waals surface area contributed by atoms with Gasteiger partial charge in [0.25, 0.3) is 0 Å². The van der Waals surface area contributed by atoms with Gasteiger partial charge in [0, 0.05) is 4.47 Å². The molecule has 1 aliphatic carbocycles. The summed E-state index contributed by atoms with van der Waals surface area (Å²) in [6.45, 7) is 0. The Bertz CT molecular complexity index is 701. The zero-order valence-electron chi connectivity index (χ0n) is 12.2. The molecule has 4 rings (SSSR count). The highest BCUT2D eigenvalue weighted by Crippen LogP contribution is 2.66. The molecule has 0 aromatic heterocycles. The van der Waals surface area contributed by atoms with Crippen LogP contribution in [0.4, 0.5) is 0 Å². The summed E-state index contributed by atoms with van der Waals surface area (Å²) in [5.74, 6) is 1.76. The first-order valence-corrected chi connectivity index (χ1v) is 8.49. The molecule has 3 aromatic rings. The van der Waals surface area contributed by atoms with E-state index in [2.05, 4.69) is 101 Å². The molecule has 0 bridgehead atoms. The molecule has 0 spiro atoms. The van der Waals surface area contributed by atoms with Crippen LogP contribution in [-0.4, -0.2) is 0 Å². The molecule has 1 heteroatoms. The molecule has 0 radical (unpaired) electrons. The van der Waals surface area contributed by atoms with E-state index in [-0.39, 0.29) is 0 Å². The standard InChI is InChI=1S/C21H17Br/c22-18-13-11-17(12-14-18)21-19(15-7-3-1-4-8-15)20(21)16-9-5-2-6-10-16/h1-14,19-21H. The van der Waals surface area contributed by atoms with Gasteiger partial charge in [0.05, 0.1) is 0 Å². The highest BCUT2D eigenvalue weighted by atomic mass is 79.9. The van der Waals surface area contributed by atoms with Crippen molar-refractivity contribution in [1.29, 1.82) is 0 Å². The van der Waals surface area contributed by atoms with Crippen LogP contribution in [0.1, 0.15) is 34.4 Å². The smallest absolute Gasteiger partial charge is 0.0175 e. The molecule has 3 aromatic carbocycles. The fraction of sp³-hybridized carbons (Fsp3) is 0.143. The second-order valence-corrected chi connectivity index (χ2v) is 6.87. The van der Waals surface area contributed by atoms with Crippen LogP contribution >= 0.6 is 15.9 Å². The van der Waals surface area contributed by atoms with Crippen LogP contribution < -0.4 is 0 Å². The van der Waals surface area contributed by atoms with Gasteiger partial charge in [-0.2, -0.15) is 0 Å². The summed E-state index contributed by atoms with van der Waals surface area (Å²) in [4.78, 5) is 0. The Labute approximate surface area is 140 Å². The zero-order chi connectivity index (χ0) is 14.9. The molecule has 1 fully saturated rings. The molecule has 0 aliphatic heterocycles. The second-order valence-electron chi connectivity index (χ2n) is 5.95. The van der Waals surface area contributed by atoms with Crippen molar-refractivity contribution >= 4 is 15.9 Å². The molecule has 2 unspecified atom stereocenters. The van der Waals surface area contributed by atoms with E-state index in [0.717, 1.165) is 4.47 Å². The number of hydrogen-bond acceptors (Lipinski definition) is 0. The van der Waals surface area contributed by atoms with E-state index in [1.165, 1.54) is 16.7 Å². The lowest BCUT2D eigenvalue weighted by molar-refractivity contribution is 1.03. The fourth-order valence-corrected chi connectivity index (χ4v) is 3.85. The maximum Gasteiger partial charge on any atom is 0.0175 e. The van der Waals surface area contributed by atoms with Gasteiger partial charge < -0.3 is 0 Å². The fourth-order valence-electron chi connectivity index (χ4n) is 3.59. The summed E-state index contributed by atoms with van der Waals surface area (Å²) in [5.41, 5.74) is 4.33. The molecule has 0 N–H and O–H groups in total. The van der Waals surface area contributed by atoms with Crippen LogP contribution in [0.25, 0.3) is 0 Å². The van der Waals surface area contributed by atoms with E-state index in [4.69, 9.17) is 0 Å². The van der Waals surface area contributed by atoms with Crippen molar-refractivity contribution in [3.8, 4) is 0 Å². The largest absolute Gasteiger partial charge is 0.0622 e. The molecule has 108 valence electrons. The molecule has 1 aliphatic rings. The molecule has 0 heterocycles. The van der Waals surface area contributed by atoms with Gasteiger partial charge in [-0.15, -0.1) is 0 Å². The lowest BCUT2D eigenvalue weighted by atomic mass is 10.0. The lowest BCUT2D eigenvalue weighted by Crippen LogP contribution is -1.83. The topological polar surface area (TPSA) is 0 Å². The van der Waals surface area contributed by atoms with Crippen LogP contribution in [-0.2, 0) is 0 Å². The van der Waals surface area contributed by atoms with Crippen molar-refractivity contribution in [2.75, 3.05) is 0 Å². The molecule has 0 saturated heterocycles. The van der Waals surface area contributed by atoms with E-state index in [1.807, 2.05) is 0 Å². The first-order valence-electron chi connectivity index (χ1n) is 7.70. The Hall–Kier alpha value is -1.86. The van der Waals surface area contributed by atoms with E-state index in [9.17, 15) is 0 Å². The van der Waals surface area contributed by atoms with Gasteiger partial charge in [0.15, 0.2) is 0 Å². The van der Waals surface area contributed by atoms with Crippen LogP contribution in [0.15, 0.2) is 89.4 Å². The minimum atomic E-state index is 0.581. The molecule has 0 nitrogen and oxygen atoms in total. The molecule has 22 heavy (non-hydrogen) atoms. The van der Waals surface area contributed by atoms with Gasteiger partial charge in [-0.3, -0.25) is 0 Å². The minimum absolute atomic E-state index is 0.581. The summed E-state index contributed by atoms with van der Waals surface area (Å²) in [7, 11) is 0. The monoisotopic (exact) mass is 348 g/mol. The predicted octanol–water partition coefficient (Wildman–Crippen LogP) is 6.11. The third-order valence-electron chi connectivity index (χ3n) is 4.64. The van der Waals surface area contributed by atoms with Crippen molar-refractivity contribution in [2.45, 2.75) is 17.8 Å². The van der Waals surface area contributed by atoms with Gasteiger partial charge in [-0.1, -0.05) is 88.7 Å². The van der Waals surface area contributed by atoms with Crippen molar-refractivity contribution < 1.29 is 0 Å². The number of hydrogen-bond donors (Lipinski definition) is 0. The molecular formula is C21H17Br. The number of halogens is 1. The quantitative estimate of drug-likeness (QED) is 0.535. The average Bonchev–Trinajstić information content (AvgIpc) is 3.33. The summed E-state index contributed by atoms with van der Waals surface area (Å²) in [5, 5.41) is 0. The van der Waals surface area contributed by atoms with Crippen LogP contribution in [0.3, 0.4) is 0 Å². The first kappa shape index (κ1) is 13.8. The van der Waals surface area contributed by atoms with Crippen molar-refractivity contribution in [2.24, 2.45) is 0 Å². The van der Waals surface area contributed by atoms with Gasteiger partial charge in [-0.05, 0) is 46.6 Å². The Morgan fingerprint density at radius 3 is 1.23 bits per heavy atom. The average molecular weight is 349 g/mol. The highest BCUT2D eigenvalue weighted by Gasteiger charge is 2.52. The third-order valence-corrected chi connectivity index (χ3v) is 5.17. The van der Waals surface area contributed by atoms with Crippen LogP contribution in [0.2, 0.25) is 0 Å². The van der Waals surface area contributed by atoms with Crippen LogP contribution in [0.5, 0.6) is 0 Å². The summed E-state index contributed by atoms with van der Waals surface area (Å²) in [6.07, 6.45) is 0. The van der Waals surface area contributed by atoms with Gasteiger partial charge in [0.2, 0.25) is 0 Å². The molecular weight excluding hydrogens is 332 g/mol. The van der Waals surface area contributed by atoms with Crippen molar-refractivity contribution in [1.82, 2.24) is 0 Å². The van der Waals surface area contributed by atoms with Gasteiger partial charge in [0.1, 0.15) is 0 Å². The normalized spacial score (nSPS) is 23.2. The summed E-state index contributed by atoms with van der Waals surface area (Å²) < 4.78 is 1.14. The predicted molar refractivity (Wildman–Crippen MR) is 95.2 cm³/mol. The van der Waals surface area contributed by atoms with Crippen molar-refractivity contribution in [3.05, 3.63) is 106 Å². The van der Waals surface area contributed by atoms with Gasteiger partial charge >= 0.3 is 0 Å². The van der Waals surface area contributed by atoms with Crippen LogP contribution in [0, 0.1) is 0 Å². The summed E-state index contributed by atoms with van der Waals surface area (Å²) in [6, 6.07) is 30.6. The lowest BCUT2D eigenvalue weighted by Gasteiger charge is -2.01. The van der Waals surface area contributed by atoms with Gasteiger partial charge in [-0.25, -0.2) is 0 Å². The Morgan fingerprint density at radius 2 is 0.818 bits per heavy atom. The third kappa shape index (κ3) is 2.50. The number of rotatable bonds is 3. The van der Waals surface area contributed by atoms with E-state index in [0.29, 0.717) is 17.8 Å². The second kappa shape index (κ2) is 5.73. The molecule has 2 atom stereocenters. The molecule has 1 saturated carbocycles. The highest BCUT2D eigenvalue weighted by molar-refractivity contribution is 9.10. The zero-order valence-corrected chi connectivity index (χ0v) is 13.8. The van der Waals surface area contributed by atoms with E-state index in [1.54, 1.807) is 0 Å². The van der Waals surface area contributed by atoms with E-state index >= 15 is 0 Å². The molecule has 0 amide bonds. The first-order chi connectivity index (χ1) is 10.8. The summed E-state index contributed by atoms with van der Waals surface area (Å²) >= 11 is 3.54. The van der Waals surface area contributed by atoms with E-state index < -0.39 is 0 Å². The van der Waals surface area contributed by atoms with Crippen molar-refractivity contribution in [3.63, 3.8) is 0 Å².